The molecule has 2 aliphatic rings. The number of rotatable bonds is 1. The van der Waals surface area contributed by atoms with Crippen LogP contribution in [-0.4, -0.2) is 11.0 Å². The molecule has 0 radical (unpaired) electrons. The number of hydrogen-bond acceptors (Lipinski definition) is 2. The van der Waals surface area contributed by atoms with E-state index in [-0.39, 0.29) is 5.78 Å². The minimum absolute atomic E-state index is 0.162. The largest absolute Gasteiger partial charge is 0.295 e. The number of hydrogen-bond donors (Lipinski definition) is 0. The fourth-order valence-electron chi connectivity index (χ4n) is 1.45. The van der Waals surface area contributed by atoms with Gasteiger partial charge < -0.3 is 0 Å². The second-order valence-corrected chi connectivity index (χ2v) is 4.13. The summed E-state index contributed by atoms with van der Waals surface area (Å²) < 4.78 is 0. The highest BCUT2D eigenvalue weighted by Crippen LogP contribution is 2.35. The van der Waals surface area contributed by atoms with E-state index in [0.29, 0.717) is 11.2 Å². The predicted molar refractivity (Wildman–Crippen MR) is 51.9 cm³/mol. The van der Waals surface area contributed by atoms with E-state index in [1.165, 1.54) is 0 Å². The number of Topliss-reactive ketones (excluding diaryl/α,β-unsaturated/α-hetero) is 1. The summed E-state index contributed by atoms with van der Waals surface area (Å²) >= 11 is 1.82. The Morgan fingerprint density at radius 3 is 3.08 bits per heavy atom. The molecule has 1 nitrogen and oxygen atoms in total. The molecule has 0 saturated heterocycles. The molecule has 62 valence electrons. The molecule has 1 aliphatic heterocycles. The van der Waals surface area contributed by atoms with Crippen LogP contribution in [0, 0.1) is 5.92 Å². The molecule has 0 aromatic rings. The third-order valence-corrected chi connectivity index (χ3v) is 3.26. The molecule has 1 heterocycles. The highest BCUT2D eigenvalue weighted by Gasteiger charge is 2.23. The molecule has 2 heteroatoms. The fourth-order valence-corrected chi connectivity index (χ4v) is 2.42. The fraction of sp³-hybridized carbons (Fsp3) is 0.300. The summed E-state index contributed by atoms with van der Waals surface area (Å²) in [6.45, 7) is 1.61. The Hall–Kier alpha value is -0.760. The number of thioether (sulfide) groups is 1. The zero-order chi connectivity index (χ0) is 8.55. The van der Waals surface area contributed by atoms with E-state index in [9.17, 15) is 4.79 Å². The van der Waals surface area contributed by atoms with Gasteiger partial charge in [0.25, 0.3) is 0 Å². The van der Waals surface area contributed by atoms with Gasteiger partial charge in [-0.25, -0.2) is 0 Å². The maximum absolute atomic E-state index is 11.0. The van der Waals surface area contributed by atoms with Crippen LogP contribution in [0.3, 0.4) is 0 Å². The molecule has 12 heavy (non-hydrogen) atoms. The van der Waals surface area contributed by atoms with E-state index >= 15 is 0 Å². The Labute approximate surface area is 76.2 Å². The van der Waals surface area contributed by atoms with Crippen LogP contribution in [0.25, 0.3) is 0 Å². The lowest BCUT2D eigenvalue weighted by Gasteiger charge is -2.16. The maximum atomic E-state index is 11.0. The summed E-state index contributed by atoms with van der Waals surface area (Å²) in [5.41, 5.74) is 0.850. The van der Waals surface area contributed by atoms with E-state index in [0.717, 1.165) is 5.57 Å². The molecule has 0 aromatic heterocycles. The van der Waals surface area contributed by atoms with Crippen LogP contribution in [0.1, 0.15) is 6.92 Å². The van der Waals surface area contributed by atoms with Gasteiger partial charge in [-0.1, -0.05) is 24.3 Å². The lowest BCUT2D eigenvalue weighted by Crippen LogP contribution is -2.12. The van der Waals surface area contributed by atoms with Crippen molar-refractivity contribution in [1.82, 2.24) is 0 Å². The van der Waals surface area contributed by atoms with Gasteiger partial charge in [0.05, 0.1) is 0 Å². The second kappa shape index (κ2) is 2.94. The first-order valence-electron chi connectivity index (χ1n) is 4.00. The van der Waals surface area contributed by atoms with E-state index in [2.05, 4.69) is 23.6 Å². The Bertz CT molecular complexity index is 299. The Morgan fingerprint density at radius 2 is 2.33 bits per heavy atom. The first-order chi connectivity index (χ1) is 5.77. The van der Waals surface area contributed by atoms with Crippen LogP contribution in [0.4, 0.5) is 0 Å². The Morgan fingerprint density at radius 1 is 1.50 bits per heavy atom. The molecule has 0 aromatic carbocycles. The average molecular weight is 178 g/mol. The molecule has 1 aliphatic carbocycles. The SMILES string of the molecule is CC(=O)C1=CC2C=CSC2C=C1. The van der Waals surface area contributed by atoms with Crippen molar-refractivity contribution in [2.24, 2.45) is 5.92 Å². The molecule has 2 atom stereocenters. The quantitative estimate of drug-likeness (QED) is 0.613. The van der Waals surface area contributed by atoms with Gasteiger partial charge in [0, 0.05) is 16.7 Å². The second-order valence-electron chi connectivity index (χ2n) is 3.04. The van der Waals surface area contributed by atoms with Gasteiger partial charge in [-0.05, 0) is 12.3 Å². The van der Waals surface area contributed by atoms with Gasteiger partial charge in [0.2, 0.25) is 0 Å². The van der Waals surface area contributed by atoms with E-state index in [4.69, 9.17) is 0 Å². The molecule has 2 unspecified atom stereocenters. The lowest BCUT2D eigenvalue weighted by molar-refractivity contribution is -0.113. The van der Waals surface area contributed by atoms with Gasteiger partial charge in [0.15, 0.2) is 5.78 Å². The summed E-state index contributed by atoms with van der Waals surface area (Å²) in [5, 5.41) is 2.65. The van der Waals surface area contributed by atoms with Gasteiger partial charge in [-0.2, -0.15) is 0 Å². The highest BCUT2D eigenvalue weighted by molar-refractivity contribution is 8.03. The van der Waals surface area contributed by atoms with Crippen LogP contribution in [0.15, 0.2) is 35.3 Å². The van der Waals surface area contributed by atoms with Gasteiger partial charge >= 0.3 is 0 Å². The van der Waals surface area contributed by atoms with Crippen molar-refractivity contribution in [1.29, 1.82) is 0 Å². The summed E-state index contributed by atoms with van der Waals surface area (Å²) in [7, 11) is 0. The lowest BCUT2D eigenvalue weighted by atomic mass is 9.94. The number of allylic oxidation sites excluding steroid dienone is 4. The van der Waals surface area contributed by atoms with E-state index in [1.807, 2.05) is 17.8 Å². The smallest absolute Gasteiger partial charge is 0.159 e. The molecular formula is C10H10OS. The third-order valence-electron chi connectivity index (χ3n) is 2.16. The number of carbonyl (C=O) groups is 1. The van der Waals surface area contributed by atoms with Crippen molar-refractivity contribution >= 4 is 17.5 Å². The minimum atomic E-state index is 0.162. The first kappa shape index (κ1) is 7.87. The zero-order valence-electron chi connectivity index (χ0n) is 6.86. The van der Waals surface area contributed by atoms with Gasteiger partial charge in [0.1, 0.15) is 0 Å². The topological polar surface area (TPSA) is 17.1 Å². The molecule has 0 saturated carbocycles. The summed E-state index contributed by atoms with van der Waals surface area (Å²) in [4.78, 5) is 11.0. The van der Waals surface area contributed by atoms with Crippen LogP contribution in [0.2, 0.25) is 0 Å². The Balaban J connectivity index is 2.25. The highest BCUT2D eigenvalue weighted by atomic mass is 32.2. The maximum Gasteiger partial charge on any atom is 0.159 e. The Kier molecular flexibility index (Phi) is 1.93. The van der Waals surface area contributed by atoms with E-state index < -0.39 is 0 Å². The van der Waals surface area contributed by atoms with Crippen molar-refractivity contribution < 1.29 is 4.79 Å². The van der Waals surface area contributed by atoms with Crippen molar-refractivity contribution in [2.45, 2.75) is 12.2 Å². The monoisotopic (exact) mass is 178 g/mol. The summed E-state index contributed by atoms with van der Waals surface area (Å²) in [5.74, 6) is 0.605. The van der Waals surface area contributed by atoms with Gasteiger partial charge in [-0.15, -0.1) is 11.8 Å². The number of fused-ring (bicyclic) bond motifs is 1. The van der Waals surface area contributed by atoms with Gasteiger partial charge in [-0.3, -0.25) is 4.79 Å². The van der Waals surface area contributed by atoms with Crippen LogP contribution in [0.5, 0.6) is 0 Å². The minimum Gasteiger partial charge on any atom is -0.295 e. The van der Waals surface area contributed by atoms with Crippen molar-refractivity contribution in [3.05, 3.63) is 35.3 Å². The zero-order valence-corrected chi connectivity index (χ0v) is 7.67. The predicted octanol–water partition coefficient (Wildman–Crippen LogP) is 2.32. The molecule has 0 spiro atoms. The molecule has 0 fully saturated rings. The summed E-state index contributed by atoms with van der Waals surface area (Å²) in [6, 6.07) is 0. The van der Waals surface area contributed by atoms with E-state index in [1.54, 1.807) is 6.92 Å². The normalized spacial score (nSPS) is 31.6. The summed E-state index contributed by atoms with van der Waals surface area (Å²) in [6.07, 6.45) is 8.26. The molecule has 0 bridgehead atoms. The van der Waals surface area contributed by atoms with Crippen LogP contribution >= 0.6 is 11.8 Å². The molecule has 0 N–H and O–H groups in total. The standard InChI is InChI=1S/C10H10OS/c1-7(11)8-2-3-10-9(6-8)4-5-12-10/h2-6,9-10H,1H3. The molecule has 0 amide bonds. The van der Waals surface area contributed by atoms with Crippen molar-refractivity contribution in [3.63, 3.8) is 0 Å². The third kappa shape index (κ3) is 1.27. The van der Waals surface area contributed by atoms with Crippen molar-refractivity contribution in [2.75, 3.05) is 0 Å². The van der Waals surface area contributed by atoms with Crippen molar-refractivity contribution in [3.8, 4) is 0 Å². The average Bonchev–Trinajstić information content (AvgIpc) is 2.49. The molecular weight excluding hydrogens is 168 g/mol. The number of ketones is 1. The van der Waals surface area contributed by atoms with Crippen LogP contribution in [-0.2, 0) is 4.79 Å². The number of carbonyl (C=O) groups excluding carboxylic acids is 1. The first-order valence-corrected chi connectivity index (χ1v) is 4.95. The van der Waals surface area contributed by atoms with Crippen LogP contribution < -0.4 is 0 Å². The molecule has 2 rings (SSSR count).